The second-order valence-electron chi connectivity index (χ2n) is 18.7. The van der Waals surface area contributed by atoms with Crippen LogP contribution in [0.5, 0.6) is 0 Å². The molecule has 0 aliphatic heterocycles. The maximum absolute atomic E-state index is 2.44. The van der Waals surface area contributed by atoms with E-state index in [1.807, 2.05) is 0 Å². The summed E-state index contributed by atoms with van der Waals surface area (Å²) in [6.45, 7) is 0. The van der Waals surface area contributed by atoms with Crippen LogP contribution in [-0.2, 0) is 0 Å². The van der Waals surface area contributed by atoms with E-state index in [2.05, 4.69) is 243 Å². The van der Waals surface area contributed by atoms with E-state index in [1.165, 1.54) is 153 Å². The third-order valence-electron chi connectivity index (χ3n) is 15.1. The zero-order chi connectivity index (χ0) is 44.5. The zero-order valence-corrected chi connectivity index (χ0v) is 37.1. The van der Waals surface area contributed by atoms with Gasteiger partial charge in [-0.05, 0) is 183 Å². The van der Waals surface area contributed by atoms with E-state index in [-0.39, 0.29) is 0 Å². The Hall–Kier alpha value is -8.84. The van der Waals surface area contributed by atoms with Gasteiger partial charge in [0.25, 0.3) is 0 Å². The van der Waals surface area contributed by atoms with Crippen molar-refractivity contribution in [1.29, 1.82) is 0 Å². The van der Waals surface area contributed by atoms with Gasteiger partial charge in [-0.2, -0.15) is 0 Å². The Bertz CT molecular complexity index is 4290. The minimum Gasteiger partial charge on any atom is -0.0616 e. The molecule has 0 atom stereocenters. The van der Waals surface area contributed by atoms with Crippen molar-refractivity contribution in [3.8, 4) is 55.6 Å². The third kappa shape index (κ3) is 5.49. The molecule has 68 heavy (non-hydrogen) atoms. The smallest absolute Gasteiger partial charge is 0.00206 e. The summed E-state index contributed by atoms with van der Waals surface area (Å²) in [5.74, 6) is 0. The van der Waals surface area contributed by atoms with Gasteiger partial charge in [0.05, 0.1) is 0 Å². The van der Waals surface area contributed by atoms with Crippen molar-refractivity contribution in [3.63, 3.8) is 0 Å². The lowest BCUT2D eigenvalue weighted by atomic mass is 9.84. The standard InChI is InChI=1S/C68H40/c1-2-11-48-36-51(27-22-41(48)10-1)66-59-20-5-3-18-57(59)65(58-19-4-6-21-60(58)66)50-17-9-16-49(37-50)52-38-53(55-32-28-46-25-23-42-12-7-14-44-30-34-61(55)67(46)63(42)44)40-54(39-52)56-33-29-47-26-24-43-13-8-15-45-31-35-62(56)68(47)64(43)45/h1-40H. The first-order valence-electron chi connectivity index (χ1n) is 23.7. The van der Waals surface area contributed by atoms with Crippen LogP contribution >= 0.6 is 0 Å². The van der Waals surface area contributed by atoms with Crippen molar-refractivity contribution in [2.45, 2.75) is 0 Å². The van der Waals surface area contributed by atoms with Crippen LogP contribution in [0.4, 0.5) is 0 Å². The van der Waals surface area contributed by atoms with Gasteiger partial charge in [0, 0.05) is 0 Å². The van der Waals surface area contributed by atoms with E-state index in [4.69, 9.17) is 0 Å². The highest BCUT2D eigenvalue weighted by Crippen LogP contribution is 2.47. The van der Waals surface area contributed by atoms with Crippen LogP contribution in [0.25, 0.3) is 153 Å². The van der Waals surface area contributed by atoms with Crippen LogP contribution in [0.3, 0.4) is 0 Å². The van der Waals surface area contributed by atoms with Crippen molar-refractivity contribution in [2.24, 2.45) is 0 Å². The molecule has 15 rings (SSSR count). The lowest BCUT2D eigenvalue weighted by Crippen LogP contribution is -1.92. The van der Waals surface area contributed by atoms with Crippen molar-refractivity contribution in [3.05, 3.63) is 243 Å². The minimum absolute atomic E-state index is 1.19. The van der Waals surface area contributed by atoms with Crippen LogP contribution in [0.15, 0.2) is 243 Å². The molecule has 0 bridgehead atoms. The van der Waals surface area contributed by atoms with Crippen molar-refractivity contribution in [2.75, 3.05) is 0 Å². The summed E-state index contributed by atoms with van der Waals surface area (Å²) in [6.07, 6.45) is 0. The topological polar surface area (TPSA) is 0 Å². The molecule has 0 nitrogen and oxygen atoms in total. The van der Waals surface area contributed by atoms with Crippen molar-refractivity contribution in [1.82, 2.24) is 0 Å². The molecule has 0 fully saturated rings. The molecular weight excluding hydrogens is 817 g/mol. The first-order chi connectivity index (χ1) is 33.7. The molecule has 0 radical (unpaired) electrons. The molecule has 0 spiro atoms. The Labute approximate surface area is 393 Å². The summed E-state index contributed by atoms with van der Waals surface area (Å²) in [7, 11) is 0. The van der Waals surface area contributed by atoms with Crippen LogP contribution in [0.1, 0.15) is 0 Å². The molecule has 15 aromatic carbocycles. The maximum atomic E-state index is 2.44. The highest BCUT2D eigenvalue weighted by atomic mass is 14.2. The van der Waals surface area contributed by atoms with E-state index < -0.39 is 0 Å². The Morgan fingerprint density at radius 2 is 0.515 bits per heavy atom. The summed E-state index contributed by atoms with van der Waals surface area (Å²) >= 11 is 0. The number of fused-ring (bicyclic) bond motifs is 3. The summed E-state index contributed by atoms with van der Waals surface area (Å²) in [5, 5.41) is 23.1. The highest BCUT2D eigenvalue weighted by molar-refractivity contribution is 6.27. The lowest BCUT2D eigenvalue weighted by Gasteiger charge is -2.19. The lowest BCUT2D eigenvalue weighted by molar-refractivity contribution is 1.59. The average Bonchev–Trinajstić information content (AvgIpc) is 3.40. The average molecular weight is 857 g/mol. The SMILES string of the molecule is c1cc(-c2cc(-c3ccc4ccc5cccc6ccc3c4c56)cc(-c3ccc4ccc5cccc6ccc3c4c56)c2)cc(-c2c3ccccc3c(-c3ccc4ccccc4c3)c3ccccc23)c1. The monoisotopic (exact) mass is 856 g/mol. The second-order valence-corrected chi connectivity index (χ2v) is 18.7. The summed E-state index contributed by atoms with van der Waals surface area (Å²) in [5.41, 5.74) is 12.3. The van der Waals surface area contributed by atoms with Crippen LogP contribution in [-0.4, -0.2) is 0 Å². The number of hydrogen-bond donors (Lipinski definition) is 0. The second kappa shape index (κ2) is 14.3. The maximum Gasteiger partial charge on any atom is -0.00206 e. The molecule has 0 amide bonds. The largest absolute Gasteiger partial charge is 0.0616 e. The Balaban J connectivity index is 0.977. The molecule has 0 heteroatoms. The van der Waals surface area contributed by atoms with Crippen molar-refractivity contribution < 1.29 is 0 Å². The van der Waals surface area contributed by atoms with Gasteiger partial charge in [0.1, 0.15) is 0 Å². The van der Waals surface area contributed by atoms with Gasteiger partial charge in [0.15, 0.2) is 0 Å². The molecule has 0 aliphatic rings. The molecule has 0 aromatic heterocycles. The summed E-state index contributed by atoms with van der Waals surface area (Å²) in [6, 6.07) is 91.3. The van der Waals surface area contributed by atoms with Gasteiger partial charge in [-0.25, -0.2) is 0 Å². The van der Waals surface area contributed by atoms with Gasteiger partial charge in [-0.3, -0.25) is 0 Å². The molecule has 0 saturated heterocycles. The van der Waals surface area contributed by atoms with Gasteiger partial charge >= 0.3 is 0 Å². The normalized spacial score (nSPS) is 12.1. The molecule has 312 valence electrons. The van der Waals surface area contributed by atoms with Crippen LogP contribution < -0.4 is 0 Å². The molecule has 0 unspecified atom stereocenters. The quantitative estimate of drug-likeness (QED) is 0.119. The predicted molar refractivity (Wildman–Crippen MR) is 294 cm³/mol. The van der Waals surface area contributed by atoms with Gasteiger partial charge in [-0.1, -0.05) is 212 Å². The van der Waals surface area contributed by atoms with Crippen LogP contribution in [0.2, 0.25) is 0 Å². The fraction of sp³-hybridized carbons (Fsp3) is 0. The summed E-state index contributed by atoms with van der Waals surface area (Å²) < 4.78 is 0. The molecule has 0 heterocycles. The van der Waals surface area contributed by atoms with Gasteiger partial charge < -0.3 is 0 Å². The van der Waals surface area contributed by atoms with E-state index in [1.54, 1.807) is 0 Å². The van der Waals surface area contributed by atoms with E-state index >= 15 is 0 Å². The van der Waals surface area contributed by atoms with E-state index in [0.29, 0.717) is 0 Å². The highest BCUT2D eigenvalue weighted by Gasteiger charge is 2.20. The van der Waals surface area contributed by atoms with Gasteiger partial charge in [0.2, 0.25) is 0 Å². The third-order valence-corrected chi connectivity index (χ3v) is 15.1. The molecule has 0 aliphatic carbocycles. The fourth-order valence-corrected chi connectivity index (χ4v) is 12.0. The molecule has 15 aromatic rings. The molecule has 0 saturated carbocycles. The first-order valence-corrected chi connectivity index (χ1v) is 23.7. The van der Waals surface area contributed by atoms with E-state index in [0.717, 1.165) is 0 Å². The molecule has 0 N–H and O–H groups in total. The predicted octanol–water partition coefficient (Wildman–Crippen LogP) is 19.3. The summed E-state index contributed by atoms with van der Waals surface area (Å²) in [4.78, 5) is 0. The number of hydrogen-bond acceptors (Lipinski definition) is 0. The Morgan fingerprint density at radius 3 is 1.04 bits per heavy atom. The van der Waals surface area contributed by atoms with Crippen LogP contribution in [0, 0.1) is 0 Å². The van der Waals surface area contributed by atoms with Crippen molar-refractivity contribution >= 4 is 97.0 Å². The number of rotatable bonds is 5. The first kappa shape index (κ1) is 37.4. The fourth-order valence-electron chi connectivity index (χ4n) is 12.0. The zero-order valence-electron chi connectivity index (χ0n) is 37.1. The van der Waals surface area contributed by atoms with E-state index in [9.17, 15) is 0 Å². The van der Waals surface area contributed by atoms with Gasteiger partial charge in [-0.15, -0.1) is 0 Å². The minimum atomic E-state index is 1.19. The molecular formula is C68H40. The number of benzene rings is 15. The Kier molecular flexibility index (Phi) is 7.88. The Morgan fingerprint density at radius 1 is 0.162 bits per heavy atom.